The third-order valence-electron chi connectivity index (χ3n) is 5.83. The van der Waals surface area contributed by atoms with Gasteiger partial charge in [0.1, 0.15) is 17.7 Å². The minimum Gasteiger partial charge on any atom is -0.448 e. The number of amides is 1. The van der Waals surface area contributed by atoms with Gasteiger partial charge in [0.25, 0.3) is 5.91 Å². The van der Waals surface area contributed by atoms with Crippen LogP contribution >= 0.6 is 11.3 Å². The summed E-state index contributed by atoms with van der Waals surface area (Å²) in [4.78, 5) is 26.0. The fourth-order valence-electron chi connectivity index (χ4n) is 4.11. The molecule has 4 aromatic heterocycles. The van der Waals surface area contributed by atoms with Crippen LogP contribution in [0.5, 0.6) is 0 Å². The maximum atomic E-state index is 12.8. The molecule has 1 aliphatic carbocycles. The van der Waals surface area contributed by atoms with Crippen LogP contribution in [0.4, 0.5) is 5.13 Å². The number of aromatic nitrogens is 4. The van der Waals surface area contributed by atoms with E-state index >= 15 is 0 Å². The number of oxazole rings is 1. The highest BCUT2D eigenvalue weighted by Crippen LogP contribution is 2.32. The summed E-state index contributed by atoms with van der Waals surface area (Å²) in [5, 5.41) is 5.37. The van der Waals surface area contributed by atoms with Crippen LogP contribution in [0.15, 0.2) is 58.9 Å². The van der Waals surface area contributed by atoms with Gasteiger partial charge in [-0.3, -0.25) is 15.1 Å². The number of thiazole rings is 1. The van der Waals surface area contributed by atoms with E-state index in [0.717, 1.165) is 35.7 Å². The minimum absolute atomic E-state index is 0.187. The Morgan fingerprint density at radius 3 is 2.79 bits per heavy atom. The molecule has 1 N–H and O–H groups in total. The summed E-state index contributed by atoms with van der Waals surface area (Å²) in [5.74, 6) is 1.10. The van der Waals surface area contributed by atoms with Crippen LogP contribution < -0.4 is 5.32 Å². The largest absolute Gasteiger partial charge is 0.448 e. The Morgan fingerprint density at radius 1 is 1.12 bits per heavy atom. The molecular formula is C25H25N5O2S. The van der Waals surface area contributed by atoms with Gasteiger partial charge < -0.3 is 8.98 Å². The summed E-state index contributed by atoms with van der Waals surface area (Å²) < 4.78 is 7.61. The topological polar surface area (TPSA) is 85.8 Å². The molecule has 0 saturated heterocycles. The van der Waals surface area contributed by atoms with E-state index in [2.05, 4.69) is 20.3 Å². The third-order valence-corrected chi connectivity index (χ3v) is 6.60. The molecule has 8 heteroatoms. The van der Waals surface area contributed by atoms with Crippen molar-refractivity contribution in [2.24, 2.45) is 0 Å². The molecule has 0 spiro atoms. The lowest BCUT2D eigenvalue weighted by Gasteiger charge is -2.17. The predicted octanol–water partition coefficient (Wildman–Crippen LogP) is 5.85. The van der Waals surface area contributed by atoms with Crippen molar-refractivity contribution in [3.05, 3.63) is 83.0 Å². The van der Waals surface area contributed by atoms with Gasteiger partial charge in [0.2, 0.25) is 0 Å². The molecule has 4 aromatic rings. The number of hydrogen-bond donors (Lipinski definition) is 1. The number of hydrogen-bond acceptors (Lipinski definition) is 6. The van der Waals surface area contributed by atoms with Crippen molar-refractivity contribution in [2.75, 3.05) is 5.32 Å². The van der Waals surface area contributed by atoms with Crippen molar-refractivity contribution in [3.63, 3.8) is 0 Å². The van der Waals surface area contributed by atoms with Crippen LogP contribution in [0.3, 0.4) is 0 Å². The highest BCUT2D eigenvalue weighted by atomic mass is 32.1. The normalized spacial score (nSPS) is 14.7. The summed E-state index contributed by atoms with van der Waals surface area (Å²) in [6, 6.07) is 7.55. The zero-order chi connectivity index (χ0) is 22.5. The molecule has 33 heavy (non-hydrogen) atoms. The van der Waals surface area contributed by atoms with Gasteiger partial charge in [-0.2, -0.15) is 0 Å². The van der Waals surface area contributed by atoms with Crippen LogP contribution in [0, 0.1) is 0 Å². The molecule has 1 amide bonds. The average Bonchev–Trinajstić information content (AvgIpc) is 3.60. The van der Waals surface area contributed by atoms with Gasteiger partial charge in [-0.1, -0.05) is 19.3 Å². The zero-order valence-electron chi connectivity index (χ0n) is 18.2. The average molecular weight is 460 g/mol. The van der Waals surface area contributed by atoms with Crippen molar-refractivity contribution in [2.45, 2.75) is 44.6 Å². The maximum Gasteiger partial charge on any atom is 0.274 e. The maximum absolute atomic E-state index is 12.8. The number of nitrogens with zero attached hydrogens (tertiary/aromatic N) is 4. The number of anilines is 1. The van der Waals surface area contributed by atoms with Crippen molar-refractivity contribution in [3.8, 4) is 0 Å². The predicted molar refractivity (Wildman–Crippen MR) is 129 cm³/mol. The van der Waals surface area contributed by atoms with Crippen LogP contribution in [0.1, 0.15) is 71.4 Å². The summed E-state index contributed by atoms with van der Waals surface area (Å²) >= 11 is 1.39. The Labute approximate surface area is 196 Å². The lowest BCUT2D eigenvalue weighted by Crippen LogP contribution is -2.17. The molecule has 0 bridgehead atoms. The van der Waals surface area contributed by atoms with E-state index in [4.69, 9.17) is 4.42 Å². The van der Waals surface area contributed by atoms with Gasteiger partial charge in [0, 0.05) is 36.4 Å². The van der Waals surface area contributed by atoms with Crippen molar-refractivity contribution >= 4 is 34.5 Å². The quantitative estimate of drug-likeness (QED) is 0.375. The van der Waals surface area contributed by atoms with Gasteiger partial charge in [-0.25, -0.2) is 9.97 Å². The molecule has 0 unspecified atom stereocenters. The Bertz CT molecular complexity index is 1230. The van der Waals surface area contributed by atoms with Gasteiger partial charge in [0.05, 0.1) is 5.69 Å². The lowest BCUT2D eigenvalue weighted by molar-refractivity contribution is 0.101. The second-order valence-corrected chi connectivity index (χ2v) is 9.05. The van der Waals surface area contributed by atoms with E-state index in [-0.39, 0.29) is 5.91 Å². The number of nitrogens with one attached hydrogen (secondary N) is 1. The Morgan fingerprint density at radius 2 is 1.94 bits per heavy atom. The van der Waals surface area contributed by atoms with E-state index in [9.17, 15) is 4.79 Å². The molecule has 0 aliphatic heterocycles. The first kappa shape index (κ1) is 21.3. The third kappa shape index (κ3) is 5.28. The molecule has 1 saturated carbocycles. The van der Waals surface area contributed by atoms with E-state index in [0.29, 0.717) is 23.3 Å². The molecule has 7 nitrogen and oxygen atoms in total. The monoisotopic (exact) mass is 459 g/mol. The van der Waals surface area contributed by atoms with Crippen molar-refractivity contribution in [1.82, 2.24) is 19.5 Å². The van der Waals surface area contributed by atoms with E-state index < -0.39 is 0 Å². The van der Waals surface area contributed by atoms with Crippen LogP contribution in [0.25, 0.3) is 12.2 Å². The van der Waals surface area contributed by atoms with Crippen LogP contribution in [-0.4, -0.2) is 25.4 Å². The Hall–Kier alpha value is -3.52. The second kappa shape index (κ2) is 9.95. The fraction of sp³-hybridized carbons (Fsp3) is 0.280. The number of pyridine rings is 1. The van der Waals surface area contributed by atoms with Crippen LogP contribution in [-0.2, 0) is 6.54 Å². The molecule has 0 atom stereocenters. The fourth-order valence-corrected chi connectivity index (χ4v) is 4.78. The van der Waals surface area contributed by atoms with E-state index in [1.165, 1.54) is 30.6 Å². The number of carbonyl (C=O) groups is 1. The molecule has 0 radical (unpaired) electrons. The smallest absolute Gasteiger partial charge is 0.274 e. The molecule has 168 valence electrons. The lowest BCUT2D eigenvalue weighted by atomic mass is 9.89. The first-order chi connectivity index (χ1) is 16.2. The molecule has 1 fully saturated rings. The van der Waals surface area contributed by atoms with Crippen molar-refractivity contribution in [1.29, 1.82) is 0 Å². The van der Waals surface area contributed by atoms with Gasteiger partial charge in [0.15, 0.2) is 11.0 Å². The van der Waals surface area contributed by atoms with Gasteiger partial charge in [-0.05, 0) is 54.8 Å². The number of carbonyl (C=O) groups excluding carboxylic acids is 1. The molecular weight excluding hydrogens is 434 g/mol. The highest BCUT2D eigenvalue weighted by Gasteiger charge is 2.20. The van der Waals surface area contributed by atoms with E-state index in [1.807, 2.05) is 46.5 Å². The first-order valence-corrected chi connectivity index (χ1v) is 12.1. The molecule has 5 rings (SSSR count). The first-order valence-electron chi connectivity index (χ1n) is 11.2. The van der Waals surface area contributed by atoms with Gasteiger partial charge >= 0.3 is 0 Å². The zero-order valence-corrected chi connectivity index (χ0v) is 19.0. The molecule has 0 aromatic carbocycles. The SMILES string of the molecule is O=C(Nc1nc(C=Cc2coc(C3CCCCC3)n2)cs1)c1cccn1Cc1ccncc1. The summed E-state index contributed by atoms with van der Waals surface area (Å²) in [7, 11) is 0. The van der Waals surface area contributed by atoms with E-state index in [1.54, 1.807) is 24.7 Å². The minimum atomic E-state index is -0.187. The summed E-state index contributed by atoms with van der Waals surface area (Å²) in [5.41, 5.74) is 3.22. The van der Waals surface area contributed by atoms with Crippen molar-refractivity contribution < 1.29 is 9.21 Å². The summed E-state index contributed by atoms with van der Waals surface area (Å²) in [6.07, 6.45) is 17.0. The molecule has 1 aliphatic rings. The summed E-state index contributed by atoms with van der Waals surface area (Å²) in [6.45, 7) is 0.602. The van der Waals surface area contributed by atoms with Gasteiger partial charge in [-0.15, -0.1) is 11.3 Å². The Balaban J connectivity index is 1.21. The highest BCUT2D eigenvalue weighted by molar-refractivity contribution is 7.14. The second-order valence-electron chi connectivity index (χ2n) is 8.19. The number of rotatable bonds is 7. The Kier molecular flexibility index (Phi) is 6.44. The van der Waals surface area contributed by atoms with Crippen LogP contribution in [0.2, 0.25) is 0 Å². The molecule has 4 heterocycles. The standard InChI is InChI=1S/C25H25N5O2S/c31-23(22-7-4-14-30(22)15-18-10-12-26-13-11-18)29-25-28-21(17-33-25)9-8-20-16-32-24(27-20)19-5-2-1-3-6-19/h4,7-14,16-17,19H,1-3,5-6,15H2,(H,28,29,31).